The summed E-state index contributed by atoms with van der Waals surface area (Å²) in [5.74, 6) is 0. The first-order chi connectivity index (χ1) is 7.91. The van der Waals surface area contributed by atoms with Gasteiger partial charge in [0.25, 0.3) is 0 Å². The molecule has 1 N–H and O–H groups in total. The minimum atomic E-state index is -0.279. The van der Waals surface area contributed by atoms with Gasteiger partial charge in [-0.1, -0.05) is 0 Å². The van der Waals surface area contributed by atoms with Crippen LogP contribution in [0.1, 0.15) is 27.7 Å². The molecule has 0 atom stereocenters. The van der Waals surface area contributed by atoms with E-state index in [1.54, 1.807) is 11.3 Å². The van der Waals surface area contributed by atoms with E-state index < -0.39 is 0 Å². The highest BCUT2D eigenvalue weighted by Gasteiger charge is 2.52. The van der Waals surface area contributed by atoms with Crippen LogP contribution in [0.4, 0.5) is 0 Å². The van der Waals surface area contributed by atoms with Crippen molar-refractivity contribution in [2.45, 2.75) is 38.9 Å². The lowest BCUT2D eigenvalue weighted by Gasteiger charge is -2.32. The van der Waals surface area contributed by atoms with Crippen LogP contribution >= 0.6 is 11.3 Å². The van der Waals surface area contributed by atoms with Crippen LogP contribution in [0.2, 0.25) is 0 Å². The van der Waals surface area contributed by atoms with Crippen molar-refractivity contribution < 1.29 is 9.31 Å². The Hall–Kier alpha value is -0.775. The third-order valence-corrected chi connectivity index (χ3v) is 4.78. The topological polar surface area (TPSA) is 34.2 Å². The van der Waals surface area contributed by atoms with Gasteiger partial charge < -0.3 is 14.3 Å². The summed E-state index contributed by atoms with van der Waals surface area (Å²) < 4.78 is 13.3. The maximum atomic E-state index is 6.05. The van der Waals surface area contributed by atoms with Crippen LogP contribution in [0.25, 0.3) is 10.2 Å². The van der Waals surface area contributed by atoms with Crippen molar-refractivity contribution in [3.63, 3.8) is 0 Å². The molecule has 1 saturated heterocycles. The quantitative estimate of drug-likeness (QED) is 0.788. The Labute approximate surface area is 105 Å². The van der Waals surface area contributed by atoms with E-state index in [2.05, 4.69) is 44.1 Å². The molecule has 0 radical (unpaired) electrons. The van der Waals surface area contributed by atoms with Gasteiger partial charge in [-0.05, 0) is 39.1 Å². The van der Waals surface area contributed by atoms with Crippen LogP contribution in [-0.4, -0.2) is 23.3 Å². The Morgan fingerprint density at radius 2 is 1.82 bits per heavy atom. The smallest absolute Gasteiger partial charge is 0.399 e. The zero-order valence-corrected chi connectivity index (χ0v) is 11.4. The fourth-order valence-electron chi connectivity index (χ4n) is 2.01. The third kappa shape index (κ3) is 1.57. The lowest BCUT2D eigenvalue weighted by Crippen LogP contribution is -2.41. The summed E-state index contributed by atoms with van der Waals surface area (Å²) in [4.78, 5) is 3.25. The number of fused-ring (bicyclic) bond motifs is 1. The Balaban J connectivity index is 2.01. The second-order valence-corrected chi connectivity index (χ2v) is 6.41. The molecule has 0 aliphatic carbocycles. The maximum absolute atomic E-state index is 6.05. The van der Waals surface area contributed by atoms with Crippen LogP contribution in [0.5, 0.6) is 0 Å². The van der Waals surface area contributed by atoms with E-state index >= 15 is 0 Å². The number of aromatic nitrogens is 1. The Morgan fingerprint density at radius 1 is 1.18 bits per heavy atom. The second kappa shape index (κ2) is 3.37. The zero-order valence-electron chi connectivity index (χ0n) is 10.5. The average Bonchev–Trinajstić information content (AvgIpc) is 2.78. The van der Waals surface area contributed by atoms with Crippen molar-refractivity contribution >= 4 is 34.1 Å². The molecule has 0 unspecified atom stereocenters. The van der Waals surface area contributed by atoms with Gasteiger partial charge in [-0.3, -0.25) is 0 Å². The Kier molecular flexibility index (Phi) is 2.25. The number of thiophene rings is 1. The van der Waals surface area contributed by atoms with E-state index in [0.29, 0.717) is 0 Å². The molecule has 0 bridgehead atoms. The molecule has 1 aliphatic rings. The lowest BCUT2D eigenvalue weighted by molar-refractivity contribution is 0.00578. The summed E-state index contributed by atoms with van der Waals surface area (Å²) in [5.41, 5.74) is 1.70. The standard InChI is InChI=1S/C12H16BNO2S/c1-11(2)12(3,4)16-13(15-11)8-7-14-9-5-6-17-10(8)9/h5-7,14H,1-4H3. The van der Waals surface area contributed by atoms with Gasteiger partial charge >= 0.3 is 7.12 Å². The van der Waals surface area contributed by atoms with Crippen molar-refractivity contribution in [1.82, 2.24) is 4.98 Å². The van der Waals surface area contributed by atoms with Crippen molar-refractivity contribution in [1.29, 1.82) is 0 Å². The summed E-state index contributed by atoms with van der Waals surface area (Å²) in [7, 11) is -0.271. The van der Waals surface area contributed by atoms with E-state index in [9.17, 15) is 0 Å². The van der Waals surface area contributed by atoms with Crippen LogP contribution in [0, 0.1) is 0 Å². The van der Waals surface area contributed by atoms with Gasteiger partial charge in [0.2, 0.25) is 0 Å². The molecule has 1 aliphatic heterocycles. The van der Waals surface area contributed by atoms with E-state index in [4.69, 9.17) is 9.31 Å². The predicted molar refractivity (Wildman–Crippen MR) is 71.9 cm³/mol. The molecule has 0 spiro atoms. The highest BCUT2D eigenvalue weighted by molar-refractivity contribution is 7.18. The molecule has 3 nitrogen and oxygen atoms in total. The monoisotopic (exact) mass is 249 g/mol. The number of rotatable bonds is 1. The first-order valence-electron chi connectivity index (χ1n) is 5.81. The van der Waals surface area contributed by atoms with E-state index in [1.807, 2.05) is 6.20 Å². The molecule has 0 aromatic carbocycles. The molecule has 0 saturated carbocycles. The number of H-pyrrole nitrogens is 1. The first kappa shape index (κ1) is 11.3. The van der Waals surface area contributed by atoms with Crippen LogP contribution in [0.15, 0.2) is 17.6 Å². The minimum absolute atomic E-state index is 0.271. The molecule has 5 heteroatoms. The molecule has 3 rings (SSSR count). The normalized spacial score (nSPS) is 22.5. The Bertz CT molecular complexity index is 542. The summed E-state index contributed by atoms with van der Waals surface area (Å²) in [5, 5.41) is 2.08. The van der Waals surface area contributed by atoms with Gasteiger partial charge in [-0.15, -0.1) is 11.3 Å². The van der Waals surface area contributed by atoms with Crippen LogP contribution in [-0.2, 0) is 9.31 Å². The van der Waals surface area contributed by atoms with Gasteiger partial charge in [0.1, 0.15) is 0 Å². The van der Waals surface area contributed by atoms with E-state index in [1.165, 1.54) is 4.70 Å². The molecule has 0 amide bonds. The van der Waals surface area contributed by atoms with Crippen LogP contribution in [0.3, 0.4) is 0 Å². The molecule has 90 valence electrons. The number of hydrogen-bond donors (Lipinski definition) is 1. The fourth-order valence-corrected chi connectivity index (χ4v) is 2.90. The fraction of sp³-hybridized carbons (Fsp3) is 0.500. The van der Waals surface area contributed by atoms with E-state index in [0.717, 1.165) is 11.0 Å². The van der Waals surface area contributed by atoms with Gasteiger partial charge in [0, 0.05) is 11.7 Å². The number of aromatic amines is 1. The van der Waals surface area contributed by atoms with Gasteiger partial charge in [0.05, 0.1) is 21.4 Å². The molecule has 1 fully saturated rings. The van der Waals surface area contributed by atoms with Gasteiger partial charge in [-0.2, -0.15) is 0 Å². The summed E-state index contributed by atoms with van der Waals surface area (Å²) in [6.07, 6.45) is 1.99. The minimum Gasteiger partial charge on any atom is -0.399 e. The largest absolute Gasteiger partial charge is 0.497 e. The lowest BCUT2D eigenvalue weighted by atomic mass is 9.81. The van der Waals surface area contributed by atoms with E-state index in [-0.39, 0.29) is 18.3 Å². The maximum Gasteiger partial charge on any atom is 0.497 e. The molecule has 17 heavy (non-hydrogen) atoms. The van der Waals surface area contributed by atoms with Crippen molar-refractivity contribution in [3.8, 4) is 0 Å². The van der Waals surface area contributed by atoms with Gasteiger partial charge in [-0.25, -0.2) is 0 Å². The Morgan fingerprint density at radius 3 is 2.47 bits per heavy atom. The molecular weight excluding hydrogens is 233 g/mol. The SMILES string of the molecule is CC1(C)OB(c2c[nH]c3ccsc23)OC1(C)C. The highest BCUT2D eigenvalue weighted by Crippen LogP contribution is 2.37. The molecule has 2 aromatic heterocycles. The van der Waals surface area contributed by atoms with Gasteiger partial charge in [0.15, 0.2) is 0 Å². The highest BCUT2D eigenvalue weighted by atomic mass is 32.1. The molecular formula is C12H16BNO2S. The summed E-state index contributed by atoms with van der Waals surface area (Å²) >= 11 is 1.72. The summed E-state index contributed by atoms with van der Waals surface area (Å²) in [6, 6.07) is 2.08. The number of hydrogen-bond acceptors (Lipinski definition) is 3. The predicted octanol–water partition coefficient (Wildman–Crippen LogP) is 2.53. The average molecular weight is 249 g/mol. The molecule has 2 aromatic rings. The second-order valence-electron chi connectivity index (χ2n) is 5.50. The number of nitrogens with one attached hydrogen (secondary N) is 1. The van der Waals surface area contributed by atoms with Crippen LogP contribution < -0.4 is 5.46 Å². The summed E-state index contributed by atoms with van der Waals surface area (Å²) in [6.45, 7) is 8.30. The first-order valence-corrected chi connectivity index (χ1v) is 6.69. The van der Waals surface area contributed by atoms with Crippen molar-refractivity contribution in [2.75, 3.05) is 0 Å². The van der Waals surface area contributed by atoms with Crippen molar-refractivity contribution in [3.05, 3.63) is 17.6 Å². The molecule has 3 heterocycles. The zero-order chi connectivity index (χ0) is 12.3. The third-order valence-electron chi connectivity index (χ3n) is 3.82. The van der Waals surface area contributed by atoms with Crippen molar-refractivity contribution in [2.24, 2.45) is 0 Å².